The van der Waals surface area contributed by atoms with Gasteiger partial charge >= 0.3 is 0 Å². The van der Waals surface area contributed by atoms with Gasteiger partial charge in [-0.2, -0.15) is 0 Å². The third kappa shape index (κ3) is 2.03. The van der Waals surface area contributed by atoms with Gasteiger partial charge in [0.1, 0.15) is 5.57 Å². The summed E-state index contributed by atoms with van der Waals surface area (Å²) in [6, 6.07) is 7.89. The number of benzene rings is 1. The smallest absolute Gasteiger partial charge is 0.265 e. The van der Waals surface area contributed by atoms with E-state index in [1.807, 2.05) is 42.8 Å². The topological polar surface area (TPSA) is 54.3 Å². The largest absolute Gasteiger partial charge is 0.347 e. The molecule has 2 aromatic rings. The van der Waals surface area contributed by atoms with Crippen molar-refractivity contribution in [2.75, 3.05) is 7.05 Å². The third-order valence-electron chi connectivity index (χ3n) is 4.04. The first-order valence-corrected chi connectivity index (χ1v) is 7.21. The van der Waals surface area contributed by atoms with E-state index in [2.05, 4.69) is 5.32 Å². The van der Waals surface area contributed by atoms with Gasteiger partial charge in [0.05, 0.1) is 0 Å². The minimum absolute atomic E-state index is 0.0931. The second-order valence-electron chi connectivity index (χ2n) is 5.26. The van der Waals surface area contributed by atoms with E-state index in [-0.39, 0.29) is 16.6 Å². The van der Waals surface area contributed by atoms with Crippen molar-refractivity contribution in [3.8, 4) is 0 Å². The quantitative estimate of drug-likeness (QED) is 0.496. The summed E-state index contributed by atoms with van der Waals surface area (Å²) in [5, 5.41) is 3.66. The first-order chi connectivity index (χ1) is 10.4. The van der Waals surface area contributed by atoms with Gasteiger partial charge in [0.15, 0.2) is 5.11 Å². The molecule has 3 rings (SSSR count). The fraction of sp³-hybridized carbons (Fsp3) is 0.188. The number of fused-ring (bicyclic) bond motifs is 1. The van der Waals surface area contributed by atoms with Gasteiger partial charge in [-0.05, 0) is 31.3 Å². The van der Waals surface area contributed by atoms with E-state index in [1.54, 1.807) is 13.1 Å². The number of rotatable bonds is 1. The highest BCUT2D eigenvalue weighted by Crippen LogP contribution is 2.27. The Morgan fingerprint density at radius 3 is 2.59 bits per heavy atom. The van der Waals surface area contributed by atoms with Gasteiger partial charge in [-0.15, -0.1) is 0 Å². The summed E-state index contributed by atoms with van der Waals surface area (Å²) in [7, 11) is 3.51. The minimum atomic E-state index is -0.458. The number of nitrogens with zero attached hydrogens (tertiary/aromatic N) is 2. The maximum absolute atomic E-state index is 12.3. The van der Waals surface area contributed by atoms with Gasteiger partial charge in [0.25, 0.3) is 11.8 Å². The maximum atomic E-state index is 12.3. The second kappa shape index (κ2) is 5.06. The molecule has 1 aromatic carbocycles. The number of hydrogen-bond acceptors (Lipinski definition) is 3. The van der Waals surface area contributed by atoms with Crippen molar-refractivity contribution in [2.24, 2.45) is 7.05 Å². The molecule has 1 aliphatic rings. The van der Waals surface area contributed by atoms with Crippen LogP contribution in [0.1, 0.15) is 11.3 Å². The summed E-state index contributed by atoms with van der Waals surface area (Å²) in [6.07, 6.45) is 1.65. The van der Waals surface area contributed by atoms with Crippen molar-refractivity contribution in [2.45, 2.75) is 6.92 Å². The molecule has 0 atom stereocenters. The predicted octanol–water partition coefficient (Wildman–Crippen LogP) is 1.74. The molecule has 1 saturated heterocycles. The van der Waals surface area contributed by atoms with E-state index in [0.717, 1.165) is 22.2 Å². The Kier molecular flexibility index (Phi) is 3.33. The van der Waals surface area contributed by atoms with Gasteiger partial charge in [-0.25, -0.2) is 0 Å². The Morgan fingerprint density at radius 1 is 1.18 bits per heavy atom. The highest BCUT2D eigenvalue weighted by molar-refractivity contribution is 7.80. The summed E-state index contributed by atoms with van der Waals surface area (Å²) in [6.45, 7) is 1.96. The third-order valence-corrected chi connectivity index (χ3v) is 4.42. The van der Waals surface area contributed by atoms with Gasteiger partial charge in [0.2, 0.25) is 0 Å². The van der Waals surface area contributed by atoms with E-state index in [4.69, 9.17) is 12.2 Å². The zero-order valence-corrected chi connectivity index (χ0v) is 13.3. The number of para-hydroxylation sites is 1. The zero-order chi connectivity index (χ0) is 16.0. The van der Waals surface area contributed by atoms with E-state index in [9.17, 15) is 9.59 Å². The number of carbonyl (C=O) groups excluding carboxylic acids is 2. The number of hydrogen-bond donors (Lipinski definition) is 1. The molecular formula is C16H15N3O2S. The molecule has 5 nitrogen and oxygen atoms in total. The van der Waals surface area contributed by atoms with E-state index in [0.29, 0.717) is 0 Å². The summed E-state index contributed by atoms with van der Waals surface area (Å²) < 4.78 is 2.04. The number of nitrogens with one attached hydrogen (secondary N) is 1. The summed E-state index contributed by atoms with van der Waals surface area (Å²) >= 11 is 4.95. The molecule has 0 spiro atoms. The van der Waals surface area contributed by atoms with E-state index in [1.165, 1.54) is 4.90 Å². The first kappa shape index (κ1) is 14.5. The molecular weight excluding hydrogens is 298 g/mol. The number of aryl methyl sites for hydroxylation is 1. The maximum Gasteiger partial charge on any atom is 0.265 e. The molecule has 0 unspecified atom stereocenters. The van der Waals surface area contributed by atoms with Crippen LogP contribution in [0.2, 0.25) is 0 Å². The van der Waals surface area contributed by atoms with Crippen molar-refractivity contribution < 1.29 is 9.59 Å². The van der Waals surface area contributed by atoms with Crippen molar-refractivity contribution in [3.05, 3.63) is 41.1 Å². The summed E-state index contributed by atoms with van der Waals surface area (Å²) in [4.78, 5) is 25.7. The van der Waals surface area contributed by atoms with Gasteiger partial charge in [-0.3, -0.25) is 19.8 Å². The van der Waals surface area contributed by atoms with Crippen LogP contribution in [0.5, 0.6) is 0 Å². The molecule has 1 aliphatic heterocycles. The van der Waals surface area contributed by atoms with Crippen LogP contribution in [0.15, 0.2) is 29.8 Å². The Morgan fingerprint density at radius 2 is 1.86 bits per heavy atom. The highest BCUT2D eigenvalue weighted by Gasteiger charge is 2.31. The first-order valence-electron chi connectivity index (χ1n) is 6.81. The molecule has 1 fully saturated rings. The van der Waals surface area contributed by atoms with Crippen molar-refractivity contribution in [1.82, 2.24) is 14.8 Å². The molecule has 0 bridgehead atoms. The number of thiocarbonyl (C=S) groups is 1. The lowest BCUT2D eigenvalue weighted by Crippen LogP contribution is -2.52. The molecule has 2 amide bonds. The normalized spacial score (nSPS) is 17.5. The lowest BCUT2D eigenvalue weighted by atomic mass is 10.1. The van der Waals surface area contributed by atoms with E-state index < -0.39 is 5.91 Å². The Labute approximate surface area is 133 Å². The average molecular weight is 313 g/mol. The molecule has 22 heavy (non-hydrogen) atoms. The van der Waals surface area contributed by atoms with Crippen LogP contribution in [-0.4, -0.2) is 33.4 Å². The Balaban J connectivity index is 2.20. The standard InChI is InChI=1S/C16H15N3O2S/c1-9-11(10-6-4-5-7-13(10)18(9)2)8-12-14(20)17-16(22)19(3)15(12)21/h4-8H,1-3H3,(H,17,20,22)/b12-8+. The average Bonchev–Trinajstić information content (AvgIpc) is 2.74. The molecule has 0 saturated carbocycles. The fourth-order valence-electron chi connectivity index (χ4n) is 2.62. The zero-order valence-electron chi connectivity index (χ0n) is 12.5. The number of amides is 2. The molecule has 0 aliphatic carbocycles. The van der Waals surface area contributed by atoms with Crippen LogP contribution in [0.4, 0.5) is 0 Å². The minimum Gasteiger partial charge on any atom is -0.347 e. The summed E-state index contributed by atoms with van der Waals surface area (Å²) in [5.74, 6) is -0.846. The number of aromatic nitrogens is 1. The van der Waals surface area contributed by atoms with Crippen molar-refractivity contribution in [1.29, 1.82) is 0 Å². The van der Waals surface area contributed by atoms with Gasteiger partial charge in [-0.1, -0.05) is 18.2 Å². The molecule has 1 aromatic heterocycles. The lowest BCUT2D eigenvalue weighted by Gasteiger charge is -2.25. The van der Waals surface area contributed by atoms with Crippen molar-refractivity contribution in [3.63, 3.8) is 0 Å². The molecule has 2 heterocycles. The van der Waals surface area contributed by atoms with Crippen LogP contribution in [0.25, 0.3) is 17.0 Å². The number of carbonyl (C=O) groups is 2. The molecule has 1 N–H and O–H groups in total. The molecule has 6 heteroatoms. The van der Waals surface area contributed by atoms with Crippen molar-refractivity contribution >= 4 is 46.1 Å². The molecule has 0 radical (unpaired) electrons. The van der Waals surface area contributed by atoms with Crippen LogP contribution in [0.3, 0.4) is 0 Å². The van der Waals surface area contributed by atoms with Gasteiger partial charge < -0.3 is 4.57 Å². The highest BCUT2D eigenvalue weighted by atomic mass is 32.1. The Hall–Kier alpha value is -2.47. The van der Waals surface area contributed by atoms with E-state index >= 15 is 0 Å². The predicted molar refractivity (Wildman–Crippen MR) is 89.1 cm³/mol. The van der Waals surface area contributed by atoms with Crippen LogP contribution >= 0.6 is 12.2 Å². The summed E-state index contributed by atoms with van der Waals surface area (Å²) in [5.41, 5.74) is 3.01. The monoisotopic (exact) mass is 313 g/mol. The second-order valence-corrected chi connectivity index (χ2v) is 5.64. The van der Waals surface area contributed by atoms with Gasteiger partial charge in [0, 0.05) is 36.3 Å². The number of likely N-dealkylation sites (N-methyl/N-ethyl adjacent to an activating group) is 1. The van der Waals surface area contributed by atoms with Crippen LogP contribution < -0.4 is 5.32 Å². The molecule has 112 valence electrons. The van der Waals surface area contributed by atoms with Crippen LogP contribution in [0, 0.1) is 6.92 Å². The SMILES string of the molecule is Cc1c(/C=C2\C(=O)NC(=S)N(C)C2=O)c2ccccc2n1C. The fourth-order valence-corrected chi connectivity index (χ4v) is 2.80. The lowest BCUT2D eigenvalue weighted by molar-refractivity contribution is -0.128. The Bertz CT molecular complexity index is 864. The van der Waals surface area contributed by atoms with Crippen LogP contribution in [-0.2, 0) is 16.6 Å².